The van der Waals surface area contributed by atoms with Crippen LogP contribution >= 0.6 is 0 Å². The highest BCUT2D eigenvalue weighted by Gasteiger charge is 2.19. The van der Waals surface area contributed by atoms with E-state index in [-0.39, 0.29) is 5.91 Å². The lowest BCUT2D eigenvalue weighted by Crippen LogP contribution is -2.37. The van der Waals surface area contributed by atoms with E-state index in [1.165, 1.54) is 35.1 Å². The number of carbonyl (C=O) groups excluding carboxylic acids is 1. The van der Waals surface area contributed by atoms with Gasteiger partial charge in [-0.3, -0.25) is 4.79 Å². The maximum atomic E-state index is 12.3. The van der Waals surface area contributed by atoms with E-state index in [1.807, 2.05) is 19.1 Å². The molecule has 0 heterocycles. The number of aryl methyl sites for hydroxylation is 3. The Balaban J connectivity index is 1.45. The standard InChI is InChI=1S/C23H29NO2/c1-17-12-14-19(15-13-17)7-6-16-24-23(25)18(2)26-22-11-5-9-20-8-3-4-10-21(20)22/h5,9,11-15,18H,3-4,6-8,10,16H2,1-2H3,(H,24,25)/t18-/m1/s1. The predicted octanol–water partition coefficient (Wildman–Crippen LogP) is 4.39. The van der Waals surface area contributed by atoms with Crippen molar-refractivity contribution in [2.45, 2.75) is 58.5 Å². The Kier molecular flexibility index (Phi) is 6.32. The van der Waals surface area contributed by atoms with Crippen LogP contribution < -0.4 is 10.1 Å². The van der Waals surface area contributed by atoms with Gasteiger partial charge >= 0.3 is 0 Å². The van der Waals surface area contributed by atoms with Crippen molar-refractivity contribution in [3.05, 3.63) is 64.7 Å². The summed E-state index contributed by atoms with van der Waals surface area (Å²) < 4.78 is 5.99. The Labute approximate surface area is 156 Å². The Morgan fingerprint density at radius 2 is 1.88 bits per heavy atom. The molecule has 2 aromatic carbocycles. The summed E-state index contributed by atoms with van der Waals surface area (Å²) in [6.07, 6.45) is 6.05. The average Bonchev–Trinajstić information content (AvgIpc) is 2.66. The van der Waals surface area contributed by atoms with E-state index >= 15 is 0 Å². The maximum Gasteiger partial charge on any atom is 0.260 e. The van der Waals surface area contributed by atoms with Gasteiger partial charge < -0.3 is 10.1 Å². The molecule has 138 valence electrons. The third-order valence-electron chi connectivity index (χ3n) is 5.09. The van der Waals surface area contributed by atoms with Crippen LogP contribution in [0.25, 0.3) is 0 Å². The third-order valence-corrected chi connectivity index (χ3v) is 5.09. The molecule has 2 aromatic rings. The molecule has 1 N–H and O–H groups in total. The van der Waals surface area contributed by atoms with Crippen molar-refractivity contribution in [2.75, 3.05) is 6.54 Å². The predicted molar refractivity (Wildman–Crippen MR) is 106 cm³/mol. The molecule has 0 bridgehead atoms. The Bertz CT molecular complexity index is 736. The zero-order chi connectivity index (χ0) is 18.4. The van der Waals surface area contributed by atoms with E-state index in [9.17, 15) is 4.79 Å². The zero-order valence-electron chi connectivity index (χ0n) is 15.9. The van der Waals surface area contributed by atoms with E-state index in [0.717, 1.165) is 31.4 Å². The topological polar surface area (TPSA) is 38.3 Å². The number of ether oxygens (including phenoxy) is 1. The van der Waals surface area contributed by atoms with Crippen molar-refractivity contribution in [1.82, 2.24) is 5.32 Å². The molecule has 1 amide bonds. The first-order chi connectivity index (χ1) is 12.6. The van der Waals surface area contributed by atoms with Crippen LogP contribution in [0.1, 0.15) is 48.4 Å². The summed E-state index contributed by atoms with van der Waals surface area (Å²) in [6.45, 7) is 4.60. The summed E-state index contributed by atoms with van der Waals surface area (Å²) >= 11 is 0. The minimum Gasteiger partial charge on any atom is -0.481 e. The second-order valence-electron chi connectivity index (χ2n) is 7.24. The van der Waals surface area contributed by atoms with Crippen molar-refractivity contribution in [3.8, 4) is 5.75 Å². The highest BCUT2D eigenvalue weighted by molar-refractivity contribution is 5.80. The normalized spacial score (nSPS) is 14.4. The van der Waals surface area contributed by atoms with E-state index in [4.69, 9.17) is 4.74 Å². The third kappa shape index (κ3) is 4.87. The van der Waals surface area contributed by atoms with Gasteiger partial charge in [0.25, 0.3) is 5.91 Å². The zero-order valence-corrected chi connectivity index (χ0v) is 15.9. The van der Waals surface area contributed by atoms with Gasteiger partial charge in [-0.05, 0) is 75.1 Å². The number of fused-ring (bicyclic) bond motifs is 1. The van der Waals surface area contributed by atoms with E-state index in [1.54, 1.807) is 0 Å². The van der Waals surface area contributed by atoms with Crippen molar-refractivity contribution < 1.29 is 9.53 Å². The van der Waals surface area contributed by atoms with Crippen molar-refractivity contribution >= 4 is 5.91 Å². The van der Waals surface area contributed by atoms with Crippen LogP contribution in [0.3, 0.4) is 0 Å². The first-order valence-corrected chi connectivity index (χ1v) is 9.74. The molecule has 0 saturated carbocycles. The van der Waals surface area contributed by atoms with Crippen molar-refractivity contribution in [1.29, 1.82) is 0 Å². The van der Waals surface area contributed by atoms with Crippen LogP contribution in [0, 0.1) is 6.92 Å². The van der Waals surface area contributed by atoms with Gasteiger partial charge in [0.1, 0.15) is 5.75 Å². The number of amides is 1. The number of hydrogen-bond donors (Lipinski definition) is 1. The largest absolute Gasteiger partial charge is 0.481 e. The highest BCUT2D eigenvalue weighted by Crippen LogP contribution is 2.30. The van der Waals surface area contributed by atoms with E-state index < -0.39 is 6.10 Å². The summed E-state index contributed by atoms with van der Waals surface area (Å²) in [5.41, 5.74) is 5.25. The Morgan fingerprint density at radius 1 is 1.12 bits per heavy atom. The Hall–Kier alpha value is -2.29. The molecule has 1 aliphatic carbocycles. The van der Waals surface area contributed by atoms with E-state index in [0.29, 0.717) is 6.54 Å². The van der Waals surface area contributed by atoms with Crippen LogP contribution in [0.4, 0.5) is 0 Å². The summed E-state index contributed by atoms with van der Waals surface area (Å²) in [6, 6.07) is 14.8. The Morgan fingerprint density at radius 3 is 2.69 bits per heavy atom. The lowest BCUT2D eigenvalue weighted by molar-refractivity contribution is -0.127. The summed E-state index contributed by atoms with van der Waals surface area (Å²) in [4.78, 5) is 12.3. The van der Waals surface area contributed by atoms with Gasteiger partial charge in [0, 0.05) is 6.54 Å². The average molecular weight is 351 g/mol. The van der Waals surface area contributed by atoms with Gasteiger partial charge in [-0.25, -0.2) is 0 Å². The first-order valence-electron chi connectivity index (χ1n) is 9.74. The molecule has 3 rings (SSSR count). The quantitative estimate of drug-likeness (QED) is 0.751. The maximum absolute atomic E-state index is 12.3. The highest BCUT2D eigenvalue weighted by atomic mass is 16.5. The van der Waals surface area contributed by atoms with Crippen molar-refractivity contribution in [2.24, 2.45) is 0 Å². The first kappa shape index (κ1) is 18.5. The lowest BCUT2D eigenvalue weighted by atomic mass is 9.91. The molecule has 0 aromatic heterocycles. The van der Waals surface area contributed by atoms with Crippen LogP contribution in [0.2, 0.25) is 0 Å². The van der Waals surface area contributed by atoms with Gasteiger partial charge in [-0.1, -0.05) is 42.0 Å². The van der Waals surface area contributed by atoms with Crippen molar-refractivity contribution in [3.63, 3.8) is 0 Å². The molecular formula is C23H29NO2. The molecule has 0 fully saturated rings. The number of benzene rings is 2. The molecule has 1 aliphatic rings. The van der Waals surface area contributed by atoms with Crippen LogP contribution in [0.5, 0.6) is 5.75 Å². The van der Waals surface area contributed by atoms with Crippen LogP contribution in [-0.4, -0.2) is 18.6 Å². The molecule has 1 atom stereocenters. The number of carbonyl (C=O) groups is 1. The van der Waals surface area contributed by atoms with Crippen LogP contribution in [-0.2, 0) is 24.1 Å². The summed E-state index contributed by atoms with van der Waals surface area (Å²) in [5.74, 6) is 0.840. The fourth-order valence-electron chi connectivity index (χ4n) is 3.50. The van der Waals surface area contributed by atoms with Gasteiger partial charge in [-0.2, -0.15) is 0 Å². The van der Waals surface area contributed by atoms with Gasteiger partial charge in [0.15, 0.2) is 6.10 Å². The van der Waals surface area contributed by atoms with E-state index in [2.05, 4.69) is 42.6 Å². The van der Waals surface area contributed by atoms with Crippen LogP contribution in [0.15, 0.2) is 42.5 Å². The van der Waals surface area contributed by atoms with Gasteiger partial charge in [0.2, 0.25) is 0 Å². The van der Waals surface area contributed by atoms with Gasteiger partial charge in [0.05, 0.1) is 0 Å². The molecule has 0 aliphatic heterocycles. The summed E-state index contributed by atoms with van der Waals surface area (Å²) in [5, 5.41) is 3.00. The fourth-order valence-corrected chi connectivity index (χ4v) is 3.50. The number of nitrogens with one attached hydrogen (secondary N) is 1. The number of rotatable bonds is 7. The molecule has 0 radical (unpaired) electrons. The smallest absolute Gasteiger partial charge is 0.260 e. The minimum absolute atomic E-state index is 0.0395. The van der Waals surface area contributed by atoms with Gasteiger partial charge in [-0.15, -0.1) is 0 Å². The molecule has 26 heavy (non-hydrogen) atoms. The fraction of sp³-hybridized carbons (Fsp3) is 0.435. The SMILES string of the molecule is Cc1ccc(CCCNC(=O)[C@@H](C)Oc2cccc3c2CCCC3)cc1. The molecule has 0 saturated heterocycles. The molecular weight excluding hydrogens is 322 g/mol. The summed E-state index contributed by atoms with van der Waals surface area (Å²) in [7, 11) is 0. The second kappa shape index (κ2) is 8.88. The monoisotopic (exact) mass is 351 g/mol. The molecule has 0 unspecified atom stereocenters. The second-order valence-corrected chi connectivity index (χ2v) is 7.24. The molecule has 0 spiro atoms. The number of hydrogen-bond acceptors (Lipinski definition) is 2. The lowest BCUT2D eigenvalue weighted by Gasteiger charge is -2.22. The molecule has 3 nitrogen and oxygen atoms in total. The minimum atomic E-state index is -0.470. The molecule has 3 heteroatoms.